The van der Waals surface area contributed by atoms with E-state index in [-0.39, 0.29) is 11.7 Å². The molecule has 1 aromatic carbocycles. The Hall–Kier alpha value is -1.78. The first-order valence-corrected chi connectivity index (χ1v) is 6.20. The van der Waals surface area contributed by atoms with Crippen LogP contribution in [0.15, 0.2) is 18.2 Å². The minimum atomic E-state index is -0.430. The second kappa shape index (κ2) is 6.23. The Morgan fingerprint density at radius 2 is 1.94 bits per heavy atom. The molecule has 0 saturated heterocycles. The summed E-state index contributed by atoms with van der Waals surface area (Å²) in [5.74, 6) is 0.657. The Labute approximate surface area is 108 Å². The van der Waals surface area contributed by atoms with Crippen molar-refractivity contribution in [2.75, 3.05) is 11.1 Å². The van der Waals surface area contributed by atoms with Crippen molar-refractivity contribution in [3.63, 3.8) is 0 Å². The molecule has 0 aliphatic heterocycles. The molecule has 0 aromatic heterocycles. The Kier molecular flexibility index (Phi) is 4.95. The van der Waals surface area contributed by atoms with Crippen LogP contribution in [0, 0.1) is 16.0 Å². The number of nitrogens with one attached hydrogen (secondary N) is 1. The van der Waals surface area contributed by atoms with Gasteiger partial charge in [-0.25, -0.2) is 0 Å². The van der Waals surface area contributed by atoms with Crippen LogP contribution in [0.3, 0.4) is 0 Å². The van der Waals surface area contributed by atoms with Crippen LogP contribution >= 0.6 is 0 Å². The molecule has 0 saturated carbocycles. The Morgan fingerprint density at radius 3 is 2.50 bits per heavy atom. The minimum Gasteiger partial charge on any atom is -0.398 e. The summed E-state index contributed by atoms with van der Waals surface area (Å²) in [7, 11) is 0. The number of nitro benzene ring substituents is 1. The van der Waals surface area contributed by atoms with E-state index in [9.17, 15) is 10.1 Å². The predicted octanol–water partition coefficient (Wildman–Crippen LogP) is 3.41. The Bertz CT molecular complexity index is 419. The lowest BCUT2D eigenvalue weighted by Gasteiger charge is -2.16. The molecule has 100 valence electrons. The summed E-state index contributed by atoms with van der Waals surface area (Å²) in [5.41, 5.74) is 6.78. The summed E-state index contributed by atoms with van der Waals surface area (Å²) < 4.78 is 0. The van der Waals surface area contributed by atoms with Gasteiger partial charge in [0.15, 0.2) is 0 Å². The lowest BCUT2D eigenvalue weighted by Crippen LogP contribution is -2.16. The van der Waals surface area contributed by atoms with Gasteiger partial charge in [0.2, 0.25) is 0 Å². The van der Waals surface area contributed by atoms with Gasteiger partial charge in [0.05, 0.1) is 4.92 Å². The quantitative estimate of drug-likeness (QED) is 0.461. The summed E-state index contributed by atoms with van der Waals surface area (Å²) in [4.78, 5) is 10.3. The molecular formula is C13H21N3O2. The van der Waals surface area contributed by atoms with E-state index in [1.54, 1.807) is 6.07 Å². The molecule has 0 spiro atoms. The van der Waals surface area contributed by atoms with E-state index >= 15 is 0 Å². The molecule has 18 heavy (non-hydrogen) atoms. The highest BCUT2D eigenvalue weighted by Gasteiger charge is 2.10. The number of anilines is 2. The number of rotatable bonds is 6. The van der Waals surface area contributed by atoms with Gasteiger partial charge in [0, 0.05) is 29.5 Å². The third-order valence-electron chi connectivity index (χ3n) is 2.74. The Morgan fingerprint density at radius 1 is 1.28 bits per heavy atom. The van der Waals surface area contributed by atoms with Gasteiger partial charge in [0.25, 0.3) is 5.69 Å². The fourth-order valence-electron chi connectivity index (χ4n) is 1.76. The normalized spacial score (nSPS) is 12.4. The number of hydrogen-bond acceptors (Lipinski definition) is 4. The topological polar surface area (TPSA) is 81.2 Å². The maximum Gasteiger partial charge on any atom is 0.273 e. The smallest absolute Gasteiger partial charge is 0.273 e. The van der Waals surface area contributed by atoms with Crippen LogP contribution in [0.25, 0.3) is 0 Å². The lowest BCUT2D eigenvalue weighted by atomic mass is 10.0. The van der Waals surface area contributed by atoms with Gasteiger partial charge in [-0.05, 0) is 31.7 Å². The molecule has 3 N–H and O–H groups in total. The average molecular weight is 251 g/mol. The van der Waals surface area contributed by atoms with Gasteiger partial charge in [-0.1, -0.05) is 13.8 Å². The van der Waals surface area contributed by atoms with Crippen LogP contribution in [-0.2, 0) is 0 Å². The number of nitro groups is 1. The van der Waals surface area contributed by atoms with Crippen molar-refractivity contribution >= 4 is 17.1 Å². The van der Waals surface area contributed by atoms with Crippen LogP contribution in [-0.4, -0.2) is 11.0 Å². The number of nitrogens with two attached hydrogens (primary N) is 1. The molecular weight excluding hydrogens is 230 g/mol. The van der Waals surface area contributed by atoms with E-state index in [4.69, 9.17) is 5.73 Å². The van der Waals surface area contributed by atoms with Gasteiger partial charge in [0.1, 0.15) is 0 Å². The molecule has 5 nitrogen and oxygen atoms in total. The van der Waals surface area contributed by atoms with E-state index in [1.807, 2.05) is 0 Å². The summed E-state index contributed by atoms with van der Waals surface area (Å²) in [6.07, 6.45) is 2.15. The summed E-state index contributed by atoms with van der Waals surface area (Å²) in [6, 6.07) is 4.87. The third kappa shape index (κ3) is 4.61. The van der Waals surface area contributed by atoms with Crippen LogP contribution < -0.4 is 11.1 Å². The largest absolute Gasteiger partial charge is 0.398 e. The van der Waals surface area contributed by atoms with Crippen LogP contribution in [0.5, 0.6) is 0 Å². The fraction of sp³-hybridized carbons (Fsp3) is 0.538. The monoisotopic (exact) mass is 251 g/mol. The van der Waals surface area contributed by atoms with Crippen molar-refractivity contribution in [3.05, 3.63) is 28.3 Å². The summed E-state index contributed by atoms with van der Waals surface area (Å²) in [5, 5.41) is 14.0. The maximum atomic E-state index is 10.7. The molecule has 5 heteroatoms. The Balaban J connectivity index is 2.69. The molecule has 1 atom stereocenters. The highest BCUT2D eigenvalue weighted by atomic mass is 16.6. The van der Waals surface area contributed by atoms with Crippen molar-refractivity contribution in [2.45, 2.75) is 39.7 Å². The zero-order valence-corrected chi connectivity index (χ0v) is 11.1. The predicted molar refractivity (Wildman–Crippen MR) is 74.7 cm³/mol. The highest BCUT2D eigenvalue weighted by molar-refractivity contribution is 5.61. The standard InChI is InChI=1S/C13H21N3O2/c1-9(2)4-5-10(3)15-12-6-11(14)7-13(8-12)16(17)18/h6-10,15H,4-5,14H2,1-3H3. The minimum absolute atomic E-state index is 0.0218. The van der Waals surface area contributed by atoms with E-state index < -0.39 is 4.92 Å². The van der Waals surface area contributed by atoms with Crippen molar-refractivity contribution < 1.29 is 4.92 Å². The van der Waals surface area contributed by atoms with Crippen molar-refractivity contribution in [1.82, 2.24) is 0 Å². The van der Waals surface area contributed by atoms with E-state index in [0.29, 0.717) is 17.3 Å². The summed E-state index contributed by atoms with van der Waals surface area (Å²) in [6.45, 7) is 6.42. The number of non-ortho nitro benzene ring substituents is 1. The molecule has 0 fully saturated rings. The third-order valence-corrected chi connectivity index (χ3v) is 2.74. The van der Waals surface area contributed by atoms with E-state index in [2.05, 4.69) is 26.1 Å². The molecule has 0 bridgehead atoms. The SMILES string of the molecule is CC(C)CCC(C)Nc1cc(N)cc([N+](=O)[O-])c1. The number of nitrogen functional groups attached to an aromatic ring is 1. The first-order chi connectivity index (χ1) is 8.38. The van der Waals surface area contributed by atoms with Gasteiger partial charge < -0.3 is 11.1 Å². The average Bonchev–Trinajstić information content (AvgIpc) is 2.25. The van der Waals surface area contributed by atoms with Gasteiger partial charge >= 0.3 is 0 Å². The molecule has 1 rings (SSSR count). The fourth-order valence-corrected chi connectivity index (χ4v) is 1.76. The molecule has 0 amide bonds. The molecule has 0 aliphatic carbocycles. The second-order valence-electron chi connectivity index (χ2n) is 5.09. The van der Waals surface area contributed by atoms with Crippen LogP contribution in [0.2, 0.25) is 0 Å². The van der Waals surface area contributed by atoms with Crippen molar-refractivity contribution in [1.29, 1.82) is 0 Å². The molecule has 0 aliphatic rings. The van der Waals surface area contributed by atoms with E-state index in [1.165, 1.54) is 12.1 Å². The summed E-state index contributed by atoms with van der Waals surface area (Å²) >= 11 is 0. The first-order valence-electron chi connectivity index (χ1n) is 6.20. The number of hydrogen-bond donors (Lipinski definition) is 2. The second-order valence-corrected chi connectivity index (χ2v) is 5.09. The maximum absolute atomic E-state index is 10.7. The zero-order valence-electron chi connectivity index (χ0n) is 11.1. The van der Waals surface area contributed by atoms with Gasteiger partial charge in [-0.3, -0.25) is 10.1 Å². The number of benzene rings is 1. The molecule has 1 unspecified atom stereocenters. The molecule has 0 radical (unpaired) electrons. The zero-order chi connectivity index (χ0) is 13.7. The van der Waals surface area contributed by atoms with Crippen molar-refractivity contribution in [3.8, 4) is 0 Å². The van der Waals surface area contributed by atoms with Crippen molar-refractivity contribution in [2.24, 2.45) is 5.92 Å². The number of nitrogens with zero attached hydrogens (tertiary/aromatic N) is 1. The highest BCUT2D eigenvalue weighted by Crippen LogP contribution is 2.23. The van der Waals surface area contributed by atoms with Crippen LogP contribution in [0.1, 0.15) is 33.6 Å². The van der Waals surface area contributed by atoms with Gasteiger partial charge in [-0.2, -0.15) is 0 Å². The first kappa shape index (κ1) is 14.3. The van der Waals surface area contributed by atoms with Crippen LogP contribution in [0.4, 0.5) is 17.1 Å². The molecule has 0 heterocycles. The lowest BCUT2D eigenvalue weighted by molar-refractivity contribution is -0.384. The molecule has 1 aromatic rings. The van der Waals surface area contributed by atoms with E-state index in [0.717, 1.165) is 12.8 Å². The van der Waals surface area contributed by atoms with Gasteiger partial charge in [-0.15, -0.1) is 0 Å².